The van der Waals surface area contributed by atoms with Gasteiger partial charge in [0.25, 0.3) is 0 Å². The molecule has 0 fully saturated rings. The third kappa shape index (κ3) is 17.3. The van der Waals surface area contributed by atoms with Crippen molar-refractivity contribution in [1.29, 1.82) is 0 Å². The Hall–Kier alpha value is -20.2. The highest BCUT2D eigenvalue weighted by atomic mass is 15.1. The molecule has 149 heavy (non-hydrogen) atoms. The molecule has 12 nitrogen and oxygen atoms in total. The van der Waals surface area contributed by atoms with Crippen molar-refractivity contribution in [2.75, 3.05) is 0 Å². The Morgan fingerprint density at radius 3 is 0.705 bits per heavy atom. The molecule has 6 aromatic heterocycles. The van der Waals surface area contributed by atoms with Gasteiger partial charge in [0.2, 0.25) is 0 Å². The van der Waals surface area contributed by atoms with Crippen LogP contribution in [-0.2, 0) is 0 Å². The topological polar surface area (TPSA) is 131 Å². The van der Waals surface area contributed by atoms with Crippen LogP contribution in [0.2, 0.25) is 0 Å². The van der Waals surface area contributed by atoms with Gasteiger partial charge >= 0.3 is 0 Å². The highest BCUT2D eigenvalue weighted by molar-refractivity contribution is 6.12. The SMILES string of the molecule is [2H]c1c([2H])c([2H])c(-c2nc(-c3c([2H])c([2H])c([2H])c([2H])c3[2H])nc(-c3c([2H])c([2H])c(-c4c([2H])c([2H])c(-n5c6ccccc6c6ccccc65)c([2H])c4[2H])c([2H])c3[2H])n2)c([2H])c1[2H].c1cc(-c2ccccc2-c2nc(-c3ccc4ccccc4c3)nc(-c3ccc4ccccc4c3)n2)cc(-n2c3ccccc3c3ccccc32)c1.c1ccc(-c2ccccc2-c2nc(-c3ccccc3-c3ccccc3)nc(-c3ccccc3-c3cccc(-n4c5ccccc5c5ccccc54)c3)n2)cc1. The fourth-order valence-electron chi connectivity index (χ4n) is 19.8. The van der Waals surface area contributed by atoms with Crippen molar-refractivity contribution in [3.63, 3.8) is 0 Å². The fraction of sp³-hybridized carbons (Fsp3) is 0. The van der Waals surface area contributed by atoms with Gasteiger partial charge in [-0.3, -0.25) is 0 Å². The molecular weight excluding hydrogens is 1810 g/mol. The Bertz CT molecular complexity index is 10600. The average molecular weight is 1920 g/mol. The Morgan fingerprint density at radius 2 is 0.369 bits per heavy atom. The molecule has 0 radical (unpaired) electrons. The molecule has 0 N–H and O–H groups in total. The molecular formula is C137H90N12. The Labute approximate surface area is 886 Å². The molecule has 0 aliphatic heterocycles. The molecule has 0 amide bonds. The number of aromatic nitrogens is 12. The Morgan fingerprint density at radius 1 is 0.134 bits per heavy atom. The van der Waals surface area contributed by atoms with Gasteiger partial charge in [0, 0.05) is 99.5 Å². The number of rotatable bonds is 17. The molecule has 28 aromatic rings. The quantitative estimate of drug-likeness (QED) is 0.0874. The lowest BCUT2D eigenvalue weighted by Crippen LogP contribution is -2.03. The van der Waals surface area contributed by atoms with E-state index in [2.05, 4.69) is 400 Å². The molecule has 6 heterocycles. The van der Waals surface area contributed by atoms with E-state index >= 15 is 0 Å². The van der Waals surface area contributed by atoms with E-state index in [-0.39, 0.29) is 5.69 Å². The third-order valence-electron chi connectivity index (χ3n) is 26.7. The summed E-state index contributed by atoms with van der Waals surface area (Å²) in [6.45, 7) is 0. The number of hydrogen-bond donors (Lipinski definition) is 0. The largest absolute Gasteiger partial charge is 0.309 e. The molecule has 0 bridgehead atoms. The van der Waals surface area contributed by atoms with Crippen molar-refractivity contribution in [2.24, 2.45) is 0 Å². The van der Waals surface area contributed by atoms with Crippen molar-refractivity contribution < 1.29 is 24.7 Å². The predicted molar refractivity (Wildman–Crippen MR) is 614 cm³/mol. The Balaban J connectivity index is 0.000000123. The van der Waals surface area contributed by atoms with Gasteiger partial charge in [-0.1, -0.05) is 461 Å². The zero-order valence-electron chi connectivity index (χ0n) is 97.4. The van der Waals surface area contributed by atoms with Crippen LogP contribution in [-0.4, -0.2) is 58.6 Å². The van der Waals surface area contributed by atoms with Gasteiger partial charge in [0.1, 0.15) is 0 Å². The van der Waals surface area contributed by atoms with Crippen LogP contribution in [0.3, 0.4) is 0 Å². The monoisotopic (exact) mass is 1920 g/mol. The van der Waals surface area contributed by atoms with E-state index in [4.69, 9.17) is 54.6 Å². The normalized spacial score (nSPS) is 13.0. The van der Waals surface area contributed by atoms with Gasteiger partial charge in [0.05, 0.1) is 57.8 Å². The van der Waals surface area contributed by atoms with Crippen molar-refractivity contribution in [3.05, 3.63) is 546 Å². The molecule has 0 atom stereocenters. The molecule has 0 aliphatic carbocycles. The minimum atomic E-state index is -0.871. The molecule has 28 rings (SSSR count). The lowest BCUT2D eigenvalue weighted by Gasteiger charge is -2.16. The number of para-hydroxylation sites is 6. The van der Waals surface area contributed by atoms with Crippen LogP contribution in [0, 0.1) is 0 Å². The van der Waals surface area contributed by atoms with Crippen LogP contribution in [0.15, 0.2) is 546 Å². The summed E-state index contributed by atoms with van der Waals surface area (Å²) in [7, 11) is 0. The van der Waals surface area contributed by atoms with Gasteiger partial charge in [-0.05, 0) is 162 Å². The Kier molecular flexibility index (Phi) is 18.8. The fourth-order valence-corrected chi connectivity index (χ4v) is 19.8. The average Bonchev–Trinajstić information content (AvgIpc) is 1.64. The first kappa shape index (κ1) is 71.3. The molecule has 0 saturated heterocycles. The number of hydrogen-bond acceptors (Lipinski definition) is 9. The number of nitrogens with zero attached hydrogens (tertiary/aromatic N) is 12. The van der Waals surface area contributed by atoms with E-state index in [1.807, 2.05) is 36.4 Å². The third-order valence-corrected chi connectivity index (χ3v) is 26.7. The van der Waals surface area contributed by atoms with Gasteiger partial charge in [0.15, 0.2) is 52.4 Å². The van der Waals surface area contributed by atoms with Gasteiger partial charge in [-0.25, -0.2) is 44.9 Å². The predicted octanol–water partition coefficient (Wildman–Crippen LogP) is 34.6. The zero-order chi connectivity index (χ0) is 115. The summed E-state index contributed by atoms with van der Waals surface area (Å²) in [5, 5.41) is 11.2. The highest BCUT2D eigenvalue weighted by Gasteiger charge is 2.25. The summed E-state index contributed by atoms with van der Waals surface area (Å²) in [5.41, 5.74) is 19.2. The highest BCUT2D eigenvalue weighted by Crippen LogP contribution is 2.44. The summed E-state index contributed by atoms with van der Waals surface area (Å²) >= 11 is 0. The summed E-state index contributed by atoms with van der Waals surface area (Å²) in [6, 6.07) is 137. The van der Waals surface area contributed by atoms with Crippen LogP contribution in [0.4, 0.5) is 0 Å². The maximum Gasteiger partial charge on any atom is 0.164 e. The van der Waals surface area contributed by atoms with Gasteiger partial charge in [-0.15, -0.1) is 0 Å². The van der Waals surface area contributed by atoms with E-state index in [9.17, 15) is 0 Å². The maximum absolute atomic E-state index is 9.15. The molecule has 0 unspecified atom stereocenters. The van der Waals surface area contributed by atoms with Crippen molar-refractivity contribution in [3.8, 4) is 175 Å². The molecule has 0 aliphatic rings. The summed E-state index contributed by atoms with van der Waals surface area (Å²) in [6.07, 6.45) is 0. The molecule has 22 aromatic carbocycles. The molecule has 0 saturated carbocycles. The second-order valence-corrected chi connectivity index (χ2v) is 35.6. The van der Waals surface area contributed by atoms with E-state index in [0.717, 1.165) is 111 Å². The van der Waals surface area contributed by atoms with Gasteiger partial charge in [-0.2, -0.15) is 0 Å². The summed E-state index contributed by atoms with van der Waals surface area (Å²) in [5.74, 6) is 1.67. The van der Waals surface area contributed by atoms with Crippen molar-refractivity contribution in [1.82, 2.24) is 58.6 Å². The lowest BCUT2D eigenvalue weighted by molar-refractivity contribution is 1.07. The first-order valence-corrected chi connectivity index (χ1v) is 48.7. The minimum Gasteiger partial charge on any atom is -0.309 e. The zero-order valence-corrected chi connectivity index (χ0v) is 79.4. The molecule has 0 spiro atoms. The summed E-state index contributed by atoms with van der Waals surface area (Å²) < 4.78 is 163. The van der Waals surface area contributed by atoms with Crippen LogP contribution >= 0.6 is 0 Å². The lowest BCUT2D eigenvalue weighted by atomic mass is 9.97. The van der Waals surface area contributed by atoms with Gasteiger partial charge < -0.3 is 13.7 Å². The second kappa shape index (κ2) is 39.2. The maximum atomic E-state index is 9.15. The van der Waals surface area contributed by atoms with Crippen LogP contribution in [0.5, 0.6) is 0 Å². The number of benzene rings is 22. The first-order valence-electron chi connectivity index (χ1n) is 57.7. The van der Waals surface area contributed by atoms with E-state index < -0.39 is 154 Å². The summed E-state index contributed by atoms with van der Waals surface area (Å²) in [4.78, 5) is 43.9. The smallest absolute Gasteiger partial charge is 0.164 e. The van der Waals surface area contributed by atoms with Crippen LogP contribution < -0.4 is 0 Å². The van der Waals surface area contributed by atoms with E-state index in [1.54, 1.807) is 28.8 Å². The van der Waals surface area contributed by atoms with E-state index in [0.29, 0.717) is 46.0 Å². The first-order chi connectivity index (χ1) is 81.4. The minimum absolute atomic E-state index is 0.117. The second-order valence-electron chi connectivity index (χ2n) is 35.6. The van der Waals surface area contributed by atoms with Crippen molar-refractivity contribution >= 4 is 87.0 Å². The van der Waals surface area contributed by atoms with E-state index in [1.165, 1.54) is 54.4 Å². The molecule has 698 valence electrons. The standard InChI is InChI=1S/C51H34N4.C47H30N4.C39H26N4/c1-3-18-35(19-4-1)39-24-7-10-29-44(39)49-52-50(45-30-11-8-25-40(45)36-20-5-2-6-21-36)54-51(53-49)46-31-12-9-26-41(46)37-22-17-23-38(34-37)55-47-32-15-13-27-42(47)43-28-14-16-33-48(43)55;1-3-14-33-28-36(26-24-31(33)12-1)45-48-46(37-27-25-32-13-2-4-15-34(32)29-37)50-47(49-45)42-21-6-5-18-39(42)35-16-11-17-38(30-35)51-43-22-9-7-19-40(43)41-20-8-10-23-44(41)51;1-3-11-29(12-4-1)37-40-38(30-13-5-2-6-14-30)42-39(41-37)31-21-19-27(20-22-31)28-23-25-32(26-24-28)43-35-17-9-7-15-33(35)34-16-8-10-18-36(34)43/h1-34H;1-30H;1-26H/i;;1D,2D,3D,4D,5D,6D,11D,12D,13D,14D,19D,20D,21D,22D,23D,24D,25D,26D. The molecule has 12 heteroatoms. The van der Waals surface area contributed by atoms with Crippen LogP contribution in [0.1, 0.15) is 24.7 Å². The van der Waals surface area contributed by atoms with Crippen LogP contribution in [0.25, 0.3) is 262 Å². The van der Waals surface area contributed by atoms with Crippen molar-refractivity contribution in [2.45, 2.75) is 0 Å². The number of fused-ring (bicyclic) bond motifs is 11.